The second kappa shape index (κ2) is 3.94. The number of aromatic amines is 1. The minimum Gasteiger partial charge on any atom is -0.358 e. The number of benzene rings is 1. The van der Waals surface area contributed by atoms with Crippen molar-refractivity contribution in [2.24, 2.45) is 0 Å². The highest BCUT2D eigenvalue weighted by molar-refractivity contribution is 8.45. The number of hydrogen-bond donors (Lipinski definition) is 1. The first-order valence-electron chi connectivity index (χ1n) is 6.61. The lowest BCUT2D eigenvalue weighted by Gasteiger charge is -2.40. The maximum Gasteiger partial charge on any atom is 0.313 e. The molecule has 2 heterocycles. The standard InChI is InChI=1S/C13H14F6N2S/c1-21-4-2-8-9-6-10(14)13(22(15,16,17,18)19)7-12(9)20-11(8)3-5-21/h6-7,20H,2-5H2,1H3. The lowest BCUT2D eigenvalue weighted by Crippen LogP contribution is -2.21. The van der Waals surface area contributed by atoms with E-state index >= 15 is 0 Å². The molecule has 1 aromatic carbocycles. The molecular formula is C13H14F6N2S. The maximum atomic E-state index is 13.7. The van der Waals surface area contributed by atoms with E-state index in [-0.39, 0.29) is 17.0 Å². The van der Waals surface area contributed by atoms with Crippen LogP contribution in [0.4, 0.5) is 23.8 Å². The van der Waals surface area contributed by atoms with E-state index in [1.807, 2.05) is 11.9 Å². The number of halogens is 6. The fourth-order valence-electron chi connectivity index (χ4n) is 2.82. The van der Waals surface area contributed by atoms with E-state index in [1.54, 1.807) is 0 Å². The number of H-pyrrole nitrogens is 1. The molecule has 3 rings (SSSR count). The van der Waals surface area contributed by atoms with Crippen molar-refractivity contribution in [3.8, 4) is 0 Å². The summed E-state index contributed by atoms with van der Waals surface area (Å²) in [5.74, 6) is -1.92. The van der Waals surface area contributed by atoms with Gasteiger partial charge in [-0.1, -0.05) is 19.4 Å². The van der Waals surface area contributed by atoms with Crippen molar-refractivity contribution in [3.63, 3.8) is 0 Å². The zero-order valence-corrected chi connectivity index (χ0v) is 12.4. The minimum absolute atomic E-state index is 0.0980. The molecule has 1 aliphatic heterocycles. The van der Waals surface area contributed by atoms with Gasteiger partial charge in [-0.05, 0) is 31.2 Å². The number of nitrogens with zero attached hydrogens (tertiary/aromatic N) is 1. The van der Waals surface area contributed by atoms with Crippen molar-refractivity contribution in [2.75, 3.05) is 20.1 Å². The molecule has 22 heavy (non-hydrogen) atoms. The second-order valence-corrected chi connectivity index (χ2v) is 8.06. The van der Waals surface area contributed by atoms with Crippen molar-refractivity contribution in [2.45, 2.75) is 17.7 Å². The normalized spacial score (nSPS) is 20.3. The second-order valence-electron chi connectivity index (χ2n) is 5.68. The van der Waals surface area contributed by atoms with Gasteiger partial charge in [0.1, 0.15) is 10.7 Å². The molecule has 1 aromatic heterocycles. The number of nitrogens with one attached hydrogen (secondary N) is 1. The number of aromatic nitrogens is 1. The fraction of sp³-hybridized carbons (Fsp3) is 0.385. The summed E-state index contributed by atoms with van der Waals surface area (Å²) in [4.78, 5) is 2.33. The Morgan fingerprint density at radius 3 is 2.32 bits per heavy atom. The summed E-state index contributed by atoms with van der Waals surface area (Å²) in [6.07, 6.45) is 1.08. The molecular weight excluding hydrogens is 330 g/mol. The molecule has 1 N–H and O–H groups in total. The number of likely N-dealkylation sites (N-methyl/N-ethyl adjacent to an activating group) is 1. The highest BCUT2D eigenvalue weighted by Gasteiger charge is 2.67. The van der Waals surface area contributed by atoms with Crippen LogP contribution in [-0.2, 0) is 12.8 Å². The van der Waals surface area contributed by atoms with Gasteiger partial charge in [-0.2, -0.15) is 0 Å². The molecule has 2 nitrogen and oxygen atoms in total. The van der Waals surface area contributed by atoms with Gasteiger partial charge in [-0.25, -0.2) is 4.39 Å². The lowest BCUT2D eigenvalue weighted by atomic mass is 10.1. The fourth-order valence-corrected chi connectivity index (χ4v) is 3.59. The highest BCUT2D eigenvalue weighted by atomic mass is 32.5. The van der Waals surface area contributed by atoms with Gasteiger partial charge >= 0.3 is 10.2 Å². The predicted octanol–water partition coefficient (Wildman–Crippen LogP) is 4.99. The maximum absolute atomic E-state index is 13.7. The minimum atomic E-state index is -10.0. The molecule has 0 radical (unpaired) electrons. The smallest absolute Gasteiger partial charge is 0.313 e. The quantitative estimate of drug-likeness (QED) is 0.722. The zero-order chi connectivity index (χ0) is 16.4. The van der Waals surface area contributed by atoms with Gasteiger partial charge in [0.2, 0.25) is 0 Å². The SMILES string of the molecule is CN1CCc2[nH]c3cc(S(F)(F)(F)(F)F)c(F)cc3c2CC1. The first kappa shape index (κ1) is 15.5. The van der Waals surface area contributed by atoms with E-state index in [2.05, 4.69) is 4.98 Å². The van der Waals surface area contributed by atoms with Crippen LogP contribution in [0.5, 0.6) is 0 Å². The molecule has 0 atom stereocenters. The van der Waals surface area contributed by atoms with Gasteiger partial charge in [0, 0.05) is 36.1 Å². The molecule has 2 aromatic rings. The molecule has 0 unspecified atom stereocenters. The van der Waals surface area contributed by atoms with Crippen molar-refractivity contribution in [1.82, 2.24) is 9.88 Å². The molecule has 0 bridgehead atoms. The molecule has 0 aliphatic carbocycles. The Labute approximate surface area is 122 Å². The van der Waals surface area contributed by atoms with Gasteiger partial charge in [0.05, 0.1) is 0 Å². The molecule has 0 saturated carbocycles. The Balaban J connectivity index is 2.23. The first-order chi connectivity index (χ1) is 9.85. The van der Waals surface area contributed by atoms with Gasteiger partial charge < -0.3 is 9.88 Å². The van der Waals surface area contributed by atoms with E-state index in [1.165, 1.54) is 0 Å². The van der Waals surface area contributed by atoms with Crippen LogP contribution < -0.4 is 0 Å². The van der Waals surface area contributed by atoms with Gasteiger partial charge in [0.15, 0.2) is 0 Å². The molecule has 0 amide bonds. The molecule has 124 valence electrons. The van der Waals surface area contributed by atoms with Crippen LogP contribution in [0.15, 0.2) is 17.0 Å². The third kappa shape index (κ3) is 2.67. The van der Waals surface area contributed by atoms with Crippen LogP contribution in [0.25, 0.3) is 10.9 Å². The summed E-state index contributed by atoms with van der Waals surface area (Å²) in [7, 11) is -8.14. The summed E-state index contributed by atoms with van der Waals surface area (Å²) in [6.45, 7) is 1.36. The van der Waals surface area contributed by atoms with Crippen LogP contribution in [-0.4, -0.2) is 30.0 Å². The number of rotatable bonds is 1. The van der Waals surface area contributed by atoms with Crippen LogP contribution >= 0.6 is 10.2 Å². The summed E-state index contributed by atoms with van der Waals surface area (Å²) in [5, 5.41) is 0.244. The van der Waals surface area contributed by atoms with E-state index in [9.17, 15) is 23.8 Å². The summed E-state index contributed by atoms with van der Waals surface area (Å²) >= 11 is 0. The lowest BCUT2D eigenvalue weighted by molar-refractivity contribution is 0.351. The summed E-state index contributed by atoms with van der Waals surface area (Å²) < 4.78 is 78.1. The molecule has 0 saturated heterocycles. The average molecular weight is 344 g/mol. The van der Waals surface area contributed by atoms with E-state index in [4.69, 9.17) is 0 Å². The van der Waals surface area contributed by atoms with Crippen LogP contribution in [0.2, 0.25) is 0 Å². The Hall–Kier alpha value is -1.35. The van der Waals surface area contributed by atoms with Crippen molar-refractivity contribution < 1.29 is 23.8 Å². The monoisotopic (exact) mass is 344 g/mol. The summed E-state index contributed by atoms with van der Waals surface area (Å²) in [5.41, 5.74) is 1.28. The van der Waals surface area contributed by atoms with E-state index < -0.39 is 20.9 Å². The Kier molecular flexibility index (Phi) is 2.78. The third-order valence-electron chi connectivity index (χ3n) is 3.95. The number of fused-ring (bicyclic) bond motifs is 3. The largest absolute Gasteiger partial charge is 0.358 e. The van der Waals surface area contributed by atoms with Crippen LogP contribution in [0, 0.1) is 5.82 Å². The first-order valence-corrected chi connectivity index (χ1v) is 8.56. The molecule has 9 heteroatoms. The molecule has 1 aliphatic rings. The van der Waals surface area contributed by atoms with E-state index in [0.717, 1.165) is 0 Å². The zero-order valence-electron chi connectivity index (χ0n) is 11.6. The molecule has 0 spiro atoms. The Morgan fingerprint density at radius 1 is 1.05 bits per heavy atom. The van der Waals surface area contributed by atoms with E-state index in [0.29, 0.717) is 43.3 Å². The number of hydrogen-bond acceptors (Lipinski definition) is 1. The van der Waals surface area contributed by atoms with Crippen LogP contribution in [0.1, 0.15) is 11.3 Å². The van der Waals surface area contributed by atoms with Crippen molar-refractivity contribution in [1.29, 1.82) is 0 Å². The third-order valence-corrected chi connectivity index (χ3v) is 5.09. The Bertz CT molecular complexity index is 765. The van der Waals surface area contributed by atoms with Crippen molar-refractivity contribution in [3.05, 3.63) is 29.2 Å². The topological polar surface area (TPSA) is 19.0 Å². The van der Waals surface area contributed by atoms with Gasteiger partial charge in [0.25, 0.3) is 0 Å². The average Bonchev–Trinajstić information content (AvgIpc) is 2.56. The van der Waals surface area contributed by atoms with Crippen LogP contribution in [0.3, 0.4) is 0 Å². The summed E-state index contributed by atoms with van der Waals surface area (Å²) in [6, 6.07) is 0.772. The highest BCUT2D eigenvalue weighted by Crippen LogP contribution is 3.02. The molecule has 0 fully saturated rings. The Morgan fingerprint density at radius 2 is 1.68 bits per heavy atom. The van der Waals surface area contributed by atoms with Gasteiger partial charge in [-0.3, -0.25) is 0 Å². The predicted molar refractivity (Wildman–Crippen MR) is 74.6 cm³/mol. The van der Waals surface area contributed by atoms with Crippen molar-refractivity contribution >= 4 is 21.1 Å². The van der Waals surface area contributed by atoms with Gasteiger partial charge in [-0.15, -0.1) is 0 Å².